The summed E-state index contributed by atoms with van der Waals surface area (Å²) in [5, 5.41) is 0. The van der Waals surface area contributed by atoms with Crippen LogP contribution in [0.25, 0.3) is 0 Å². The van der Waals surface area contributed by atoms with E-state index in [0.29, 0.717) is 24.7 Å². The van der Waals surface area contributed by atoms with Crippen molar-refractivity contribution in [1.82, 2.24) is 4.31 Å². The predicted octanol–water partition coefficient (Wildman–Crippen LogP) is 2.68. The molecule has 1 aliphatic rings. The van der Waals surface area contributed by atoms with Gasteiger partial charge in [0.1, 0.15) is 0 Å². The molecule has 100 valence electrons. The van der Waals surface area contributed by atoms with Crippen LogP contribution in [-0.4, -0.2) is 25.8 Å². The van der Waals surface area contributed by atoms with Crippen molar-refractivity contribution in [2.75, 3.05) is 17.8 Å². The highest BCUT2D eigenvalue weighted by atomic mass is 127. The van der Waals surface area contributed by atoms with Crippen molar-refractivity contribution in [3.63, 3.8) is 0 Å². The van der Waals surface area contributed by atoms with Gasteiger partial charge in [0.2, 0.25) is 0 Å². The van der Waals surface area contributed by atoms with Crippen LogP contribution < -0.4 is 4.72 Å². The Balaban J connectivity index is 2.14. The van der Waals surface area contributed by atoms with Crippen LogP contribution in [0.4, 0.5) is 5.69 Å². The third-order valence-electron chi connectivity index (χ3n) is 3.07. The van der Waals surface area contributed by atoms with Crippen molar-refractivity contribution in [2.45, 2.75) is 19.8 Å². The summed E-state index contributed by atoms with van der Waals surface area (Å²) < 4.78 is 29.6. The Morgan fingerprint density at radius 1 is 1.39 bits per heavy atom. The van der Waals surface area contributed by atoms with Gasteiger partial charge >= 0.3 is 10.2 Å². The molecule has 1 aliphatic heterocycles. The summed E-state index contributed by atoms with van der Waals surface area (Å²) in [4.78, 5) is 0. The van der Waals surface area contributed by atoms with Crippen LogP contribution in [0.15, 0.2) is 24.3 Å². The molecule has 18 heavy (non-hydrogen) atoms. The summed E-state index contributed by atoms with van der Waals surface area (Å²) in [7, 11) is -3.41. The Morgan fingerprint density at radius 3 is 2.78 bits per heavy atom. The van der Waals surface area contributed by atoms with Crippen molar-refractivity contribution < 1.29 is 8.42 Å². The van der Waals surface area contributed by atoms with Gasteiger partial charge in [0.25, 0.3) is 0 Å². The quantitative estimate of drug-likeness (QED) is 0.820. The molecule has 4 nitrogen and oxygen atoms in total. The minimum Gasteiger partial charge on any atom is -0.270 e. The molecular formula is C12H17IN2O2S. The summed E-state index contributed by atoms with van der Waals surface area (Å²) in [5.74, 6) is 0.435. The van der Waals surface area contributed by atoms with Crippen molar-refractivity contribution in [3.05, 3.63) is 27.8 Å². The Bertz CT molecular complexity index is 519. The van der Waals surface area contributed by atoms with Crippen molar-refractivity contribution in [2.24, 2.45) is 5.92 Å². The largest absolute Gasteiger partial charge is 0.301 e. The standard InChI is InChI=1S/C12H17IN2O2S/c1-10-5-4-8-15(9-10)18(16,17)14-12-7-3-2-6-11(12)13/h2-3,6-7,10,14H,4-5,8-9H2,1H3. The zero-order valence-corrected chi connectivity index (χ0v) is 13.2. The predicted molar refractivity (Wildman–Crippen MR) is 81.7 cm³/mol. The lowest BCUT2D eigenvalue weighted by Gasteiger charge is -2.30. The minimum atomic E-state index is -3.41. The number of piperidine rings is 1. The van der Waals surface area contributed by atoms with Crippen LogP contribution in [0.2, 0.25) is 0 Å². The first-order chi connectivity index (χ1) is 8.49. The second kappa shape index (κ2) is 5.75. The molecule has 0 spiro atoms. The number of hydrogen-bond donors (Lipinski definition) is 1. The maximum Gasteiger partial charge on any atom is 0.301 e. The number of nitrogens with one attached hydrogen (secondary N) is 1. The van der Waals surface area contributed by atoms with Crippen LogP contribution in [0.1, 0.15) is 19.8 Å². The number of anilines is 1. The van der Waals surface area contributed by atoms with E-state index in [1.165, 1.54) is 0 Å². The van der Waals surface area contributed by atoms with E-state index in [1.807, 2.05) is 18.2 Å². The van der Waals surface area contributed by atoms with Gasteiger partial charge in [0, 0.05) is 16.7 Å². The Kier molecular flexibility index (Phi) is 4.50. The molecular weight excluding hydrogens is 363 g/mol. The number of nitrogens with zero attached hydrogens (tertiary/aromatic N) is 1. The van der Waals surface area contributed by atoms with Gasteiger partial charge in [-0.1, -0.05) is 19.1 Å². The van der Waals surface area contributed by atoms with E-state index >= 15 is 0 Å². The van der Waals surface area contributed by atoms with Gasteiger partial charge in [-0.05, 0) is 53.5 Å². The van der Waals surface area contributed by atoms with Gasteiger partial charge in [-0.3, -0.25) is 4.72 Å². The highest BCUT2D eigenvalue weighted by Gasteiger charge is 2.27. The SMILES string of the molecule is CC1CCCN(S(=O)(=O)Nc2ccccc2I)C1. The Hall–Kier alpha value is -0.340. The molecule has 0 amide bonds. The van der Waals surface area contributed by atoms with E-state index in [2.05, 4.69) is 34.2 Å². The number of halogens is 1. The zero-order valence-electron chi connectivity index (χ0n) is 10.3. The van der Waals surface area contributed by atoms with Crippen molar-refractivity contribution >= 4 is 38.5 Å². The molecule has 1 saturated heterocycles. The van der Waals surface area contributed by atoms with Crippen molar-refractivity contribution in [3.8, 4) is 0 Å². The second-order valence-electron chi connectivity index (χ2n) is 4.69. The van der Waals surface area contributed by atoms with Gasteiger partial charge in [0.15, 0.2) is 0 Å². The number of hydrogen-bond acceptors (Lipinski definition) is 2. The van der Waals surface area contributed by atoms with Crippen LogP contribution >= 0.6 is 22.6 Å². The molecule has 1 unspecified atom stereocenters. The average molecular weight is 380 g/mol. The first-order valence-corrected chi connectivity index (χ1v) is 8.53. The van der Waals surface area contributed by atoms with Gasteiger partial charge in [-0.15, -0.1) is 0 Å². The lowest BCUT2D eigenvalue weighted by atomic mass is 10.0. The second-order valence-corrected chi connectivity index (χ2v) is 7.53. The van der Waals surface area contributed by atoms with E-state index in [-0.39, 0.29) is 0 Å². The maximum absolute atomic E-state index is 12.3. The van der Waals surface area contributed by atoms with E-state index in [0.717, 1.165) is 16.4 Å². The molecule has 2 rings (SSSR count). The fraction of sp³-hybridized carbons (Fsp3) is 0.500. The molecule has 0 radical (unpaired) electrons. The Labute approximate surface area is 122 Å². The highest BCUT2D eigenvalue weighted by molar-refractivity contribution is 14.1. The molecule has 0 aliphatic carbocycles. The monoisotopic (exact) mass is 380 g/mol. The topological polar surface area (TPSA) is 49.4 Å². The molecule has 1 atom stereocenters. The minimum absolute atomic E-state index is 0.435. The molecule has 1 N–H and O–H groups in total. The number of para-hydroxylation sites is 1. The van der Waals surface area contributed by atoms with E-state index < -0.39 is 10.2 Å². The average Bonchev–Trinajstić information content (AvgIpc) is 2.32. The molecule has 1 fully saturated rings. The number of rotatable bonds is 3. The number of benzene rings is 1. The normalized spacial score (nSPS) is 21.8. The van der Waals surface area contributed by atoms with Crippen LogP contribution in [0.5, 0.6) is 0 Å². The summed E-state index contributed by atoms with van der Waals surface area (Å²) in [5.41, 5.74) is 0.649. The first kappa shape index (κ1) is 14.1. The van der Waals surface area contributed by atoms with Gasteiger partial charge in [-0.2, -0.15) is 12.7 Å². The van der Waals surface area contributed by atoms with Crippen LogP contribution in [-0.2, 0) is 10.2 Å². The third-order valence-corrected chi connectivity index (χ3v) is 5.50. The molecule has 1 aromatic rings. The fourth-order valence-electron chi connectivity index (χ4n) is 2.11. The molecule has 0 aromatic heterocycles. The lowest BCUT2D eigenvalue weighted by Crippen LogP contribution is -2.42. The summed E-state index contributed by atoms with van der Waals surface area (Å²) in [6.07, 6.45) is 2.04. The van der Waals surface area contributed by atoms with E-state index in [9.17, 15) is 8.42 Å². The van der Waals surface area contributed by atoms with Crippen LogP contribution in [0.3, 0.4) is 0 Å². The van der Waals surface area contributed by atoms with Crippen molar-refractivity contribution in [1.29, 1.82) is 0 Å². The first-order valence-electron chi connectivity index (χ1n) is 6.01. The Morgan fingerprint density at radius 2 is 2.11 bits per heavy atom. The lowest BCUT2D eigenvalue weighted by molar-refractivity contribution is 0.282. The van der Waals surface area contributed by atoms with E-state index in [1.54, 1.807) is 10.4 Å². The van der Waals surface area contributed by atoms with Gasteiger partial charge in [-0.25, -0.2) is 0 Å². The third kappa shape index (κ3) is 3.36. The molecule has 6 heteroatoms. The smallest absolute Gasteiger partial charge is 0.270 e. The fourth-order valence-corrected chi connectivity index (χ4v) is 4.22. The summed E-state index contributed by atoms with van der Waals surface area (Å²) >= 11 is 2.13. The summed E-state index contributed by atoms with van der Waals surface area (Å²) in [6, 6.07) is 7.39. The van der Waals surface area contributed by atoms with Crippen LogP contribution in [0, 0.1) is 9.49 Å². The van der Waals surface area contributed by atoms with E-state index in [4.69, 9.17) is 0 Å². The molecule has 1 aromatic carbocycles. The molecule has 1 heterocycles. The van der Waals surface area contributed by atoms with Gasteiger partial charge < -0.3 is 0 Å². The molecule has 0 saturated carbocycles. The van der Waals surface area contributed by atoms with Gasteiger partial charge in [0.05, 0.1) is 5.69 Å². The summed E-state index contributed by atoms with van der Waals surface area (Å²) in [6.45, 7) is 3.32. The maximum atomic E-state index is 12.3. The molecule has 0 bridgehead atoms. The highest BCUT2D eigenvalue weighted by Crippen LogP contribution is 2.22. The zero-order chi connectivity index (χ0) is 13.2.